The van der Waals surface area contributed by atoms with Gasteiger partial charge in [-0.25, -0.2) is 13.7 Å². The Kier molecular flexibility index (Phi) is 6.42. The molecule has 0 spiro atoms. The number of carboxylic acids is 1. The fraction of sp³-hybridized carbons (Fsp3) is 0.300. The van der Waals surface area contributed by atoms with Crippen molar-refractivity contribution in [2.45, 2.75) is 50.5 Å². The molecule has 200 valence electrons. The van der Waals surface area contributed by atoms with E-state index in [0.29, 0.717) is 0 Å². The summed E-state index contributed by atoms with van der Waals surface area (Å²) in [5.41, 5.74) is 5.47. The molecule has 3 aromatic heterocycles. The number of aryl methyl sites for hydroxylation is 1. The molecule has 6 rings (SSSR count). The highest BCUT2D eigenvalue weighted by Crippen LogP contribution is 2.39. The smallest absolute Gasteiger partial charge is 0.326 e. The van der Waals surface area contributed by atoms with Crippen LogP contribution in [0.4, 0.5) is 4.39 Å². The Balaban J connectivity index is 1.34. The lowest BCUT2D eigenvalue weighted by molar-refractivity contribution is -0.139. The van der Waals surface area contributed by atoms with Crippen molar-refractivity contribution in [3.63, 3.8) is 0 Å². The lowest BCUT2D eigenvalue weighted by Gasteiger charge is -2.22. The van der Waals surface area contributed by atoms with Gasteiger partial charge in [-0.15, -0.1) is 0 Å². The SMILES string of the molecule is Cn1c(-c2ccc(F)cc2)c(C2CCCCC2)n2nc(C(=O)N[C@@H](Cc3c[nH]c4ccccc34)C(=O)O)cc12. The second-order valence-electron chi connectivity index (χ2n) is 10.4. The topological polar surface area (TPSA) is 104 Å². The number of nitrogens with zero attached hydrogens (tertiary/aromatic N) is 3. The zero-order valence-corrected chi connectivity index (χ0v) is 21.7. The van der Waals surface area contributed by atoms with Crippen LogP contribution in [0.5, 0.6) is 0 Å². The highest BCUT2D eigenvalue weighted by Gasteiger charge is 2.29. The van der Waals surface area contributed by atoms with Crippen molar-refractivity contribution in [1.82, 2.24) is 24.5 Å². The largest absolute Gasteiger partial charge is 0.480 e. The first-order chi connectivity index (χ1) is 18.9. The highest BCUT2D eigenvalue weighted by molar-refractivity contribution is 5.96. The summed E-state index contributed by atoms with van der Waals surface area (Å²) in [6.07, 6.45) is 7.38. The van der Waals surface area contributed by atoms with Crippen LogP contribution in [-0.4, -0.2) is 42.2 Å². The number of fused-ring (bicyclic) bond motifs is 2. The van der Waals surface area contributed by atoms with Gasteiger partial charge in [-0.3, -0.25) is 4.79 Å². The zero-order valence-electron chi connectivity index (χ0n) is 21.7. The maximum absolute atomic E-state index is 13.7. The molecule has 2 aromatic carbocycles. The third-order valence-electron chi connectivity index (χ3n) is 7.88. The zero-order chi connectivity index (χ0) is 27.1. The van der Waals surface area contributed by atoms with E-state index in [9.17, 15) is 19.1 Å². The third-order valence-corrected chi connectivity index (χ3v) is 7.88. The number of carbonyl (C=O) groups excluding carboxylic acids is 1. The molecular formula is C30H30FN5O3. The van der Waals surface area contributed by atoms with Crippen LogP contribution in [0.1, 0.15) is 59.8 Å². The molecule has 1 aliphatic rings. The van der Waals surface area contributed by atoms with Gasteiger partial charge >= 0.3 is 5.97 Å². The van der Waals surface area contributed by atoms with E-state index in [0.717, 1.165) is 64.7 Å². The molecule has 0 radical (unpaired) electrons. The van der Waals surface area contributed by atoms with Crippen LogP contribution >= 0.6 is 0 Å². The van der Waals surface area contributed by atoms with Gasteiger partial charge in [-0.2, -0.15) is 5.10 Å². The number of para-hydroxylation sites is 1. The van der Waals surface area contributed by atoms with Crippen molar-refractivity contribution >= 4 is 28.4 Å². The van der Waals surface area contributed by atoms with Gasteiger partial charge in [0.05, 0.1) is 11.4 Å². The Morgan fingerprint density at radius 3 is 2.62 bits per heavy atom. The molecule has 0 aliphatic heterocycles. The first-order valence-corrected chi connectivity index (χ1v) is 13.3. The van der Waals surface area contributed by atoms with Crippen molar-refractivity contribution in [1.29, 1.82) is 0 Å². The summed E-state index contributed by atoms with van der Waals surface area (Å²) in [7, 11) is 1.92. The van der Waals surface area contributed by atoms with E-state index in [1.807, 2.05) is 40.4 Å². The van der Waals surface area contributed by atoms with Gasteiger partial charge in [0, 0.05) is 48.1 Å². The Hall–Kier alpha value is -4.40. The number of aromatic amines is 1. The van der Waals surface area contributed by atoms with E-state index >= 15 is 0 Å². The van der Waals surface area contributed by atoms with Gasteiger partial charge in [-0.05, 0) is 48.7 Å². The fourth-order valence-electron chi connectivity index (χ4n) is 5.93. The Bertz CT molecular complexity index is 1670. The van der Waals surface area contributed by atoms with Crippen LogP contribution < -0.4 is 5.32 Å². The van der Waals surface area contributed by atoms with E-state index in [2.05, 4.69) is 15.4 Å². The first-order valence-electron chi connectivity index (χ1n) is 13.3. The number of halogens is 1. The minimum atomic E-state index is -1.12. The first kappa shape index (κ1) is 24.9. The number of hydrogen-bond donors (Lipinski definition) is 3. The van der Waals surface area contributed by atoms with E-state index in [4.69, 9.17) is 0 Å². The molecule has 1 amide bonds. The molecule has 0 unspecified atom stereocenters. The summed E-state index contributed by atoms with van der Waals surface area (Å²) in [6.45, 7) is 0. The molecule has 39 heavy (non-hydrogen) atoms. The van der Waals surface area contributed by atoms with Gasteiger partial charge in [0.2, 0.25) is 0 Å². The van der Waals surface area contributed by atoms with Crippen molar-refractivity contribution < 1.29 is 19.1 Å². The molecule has 9 heteroatoms. The standard InChI is InChI=1S/C30H30FN5O3/c1-35-26-16-24(29(37)33-25(30(38)39)15-20-17-32-23-10-6-5-9-22(20)23)34-36(26)28(18-7-3-2-4-8-18)27(35)19-11-13-21(31)14-12-19/h5-6,9-14,16-18,25,32H,2-4,7-8,15H2,1H3,(H,33,37)(H,38,39)/t25-/m0/s1. The van der Waals surface area contributed by atoms with E-state index in [-0.39, 0.29) is 23.8 Å². The summed E-state index contributed by atoms with van der Waals surface area (Å²) in [5, 5.41) is 18.2. The molecule has 1 fully saturated rings. The normalized spacial score (nSPS) is 15.1. The minimum Gasteiger partial charge on any atom is -0.480 e. The number of aromatic nitrogens is 4. The van der Waals surface area contributed by atoms with Gasteiger partial charge in [-0.1, -0.05) is 37.5 Å². The van der Waals surface area contributed by atoms with Gasteiger partial charge in [0.15, 0.2) is 5.69 Å². The van der Waals surface area contributed by atoms with Crippen molar-refractivity contribution in [2.75, 3.05) is 0 Å². The monoisotopic (exact) mass is 527 g/mol. The van der Waals surface area contributed by atoms with Crippen LogP contribution in [0.25, 0.3) is 27.8 Å². The molecule has 0 saturated heterocycles. The Morgan fingerprint density at radius 2 is 1.87 bits per heavy atom. The molecule has 1 aliphatic carbocycles. The van der Waals surface area contributed by atoms with Crippen molar-refractivity contribution in [3.05, 3.63) is 83.6 Å². The Labute approximate surface area is 224 Å². The third kappa shape index (κ3) is 4.58. The second-order valence-corrected chi connectivity index (χ2v) is 10.4. The number of nitrogens with one attached hydrogen (secondary N) is 2. The number of amides is 1. The predicted octanol–water partition coefficient (Wildman–Crippen LogP) is 5.43. The molecule has 3 N–H and O–H groups in total. The fourth-order valence-corrected chi connectivity index (χ4v) is 5.93. The summed E-state index contributed by atoms with van der Waals surface area (Å²) in [5.74, 6) is -1.69. The molecule has 0 bridgehead atoms. The molecule has 1 saturated carbocycles. The van der Waals surface area contributed by atoms with Crippen LogP contribution in [0.3, 0.4) is 0 Å². The predicted molar refractivity (Wildman–Crippen MR) is 146 cm³/mol. The van der Waals surface area contributed by atoms with E-state index < -0.39 is 17.9 Å². The summed E-state index contributed by atoms with van der Waals surface area (Å²) in [6, 6.07) is 14.7. The number of benzene rings is 2. The van der Waals surface area contributed by atoms with Gasteiger partial charge in [0.1, 0.15) is 17.5 Å². The van der Waals surface area contributed by atoms with Gasteiger partial charge < -0.3 is 20.0 Å². The van der Waals surface area contributed by atoms with Crippen molar-refractivity contribution in [3.8, 4) is 11.3 Å². The number of imidazole rings is 1. The molecule has 3 heterocycles. The van der Waals surface area contributed by atoms with Gasteiger partial charge in [0.25, 0.3) is 5.91 Å². The van der Waals surface area contributed by atoms with Crippen LogP contribution in [0.2, 0.25) is 0 Å². The average molecular weight is 528 g/mol. The number of rotatable bonds is 7. The summed E-state index contributed by atoms with van der Waals surface area (Å²) >= 11 is 0. The van der Waals surface area contributed by atoms with Crippen molar-refractivity contribution in [2.24, 2.45) is 7.05 Å². The number of hydrogen-bond acceptors (Lipinski definition) is 3. The van der Waals surface area contributed by atoms with E-state index in [1.54, 1.807) is 24.4 Å². The number of aliphatic carboxylic acids is 1. The maximum Gasteiger partial charge on any atom is 0.326 e. The quantitative estimate of drug-likeness (QED) is 0.262. The number of carboxylic acid groups (broad SMARTS) is 1. The summed E-state index contributed by atoms with van der Waals surface area (Å²) in [4.78, 5) is 28.6. The lowest BCUT2D eigenvalue weighted by Crippen LogP contribution is -2.42. The van der Waals surface area contributed by atoms with E-state index in [1.165, 1.54) is 18.6 Å². The summed E-state index contributed by atoms with van der Waals surface area (Å²) < 4.78 is 17.5. The second kappa shape index (κ2) is 10.1. The molecule has 5 aromatic rings. The Morgan fingerprint density at radius 1 is 1.13 bits per heavy atom. The maximum atomic E-state index is 13.7. The highest BCUT2D eigenvalue weighted by atomic mass is 19.1. The van der Waals surface area contributed by atoms with Crippen LogP contribution in [0, 0.1) is 5.82 Å². The molecule has 8 nitrogen and oxygen atoms in total. The lowest BCUT2D eigenvalue weighted by atomic mass is 9.85. The van der Waals surface area contributed by atoms with Crippen LogP contribution in [-0.2, 0) is 18.3 Å². The number of H-pyrrole nitrogens is 1. The minimum absolute atomic E-state index is 0.139. The van der Waals surface area contributed by atoms with Crippen LogP contribution in [0.15, 0.2) is 60.8 Å². The molecule has 1 atom stereocenters. The average Bonchev–Trinajstić information content (AvgIpc) is 3.63. The number of carbonyl (C=O) groups is 2. The molecular weight excluding hydrogens is 497 g/mol.